The lowest BCUT2D eigenvalue weighted by molar-refractivity contribution is -0.128. The molecule has 7 heteroatoms. The predicted molar refractivity (Wildman–Crippen MR) is 78.5 cm³/mol. The maximum Gasteiger partial charge on any atom is 0.270 e. The van der Waals surface area contributed by atoms with Gasteiger partial charge in [0.2, 0.25) is 0 Å². The van der Waals surface area contributed by atoms with Crippen molar-refractivity contribution in [2.24, 2.45) is 4.99 Å². The van der Waals surface area contributed by atoms with Crippen LogP contribution in [0, 0.1) is 5.82 Å². The third kappa shape index (κ3) is 2.79. The fraction of sp³-hybridized carbons (Fsp3) is 0.429. The summed E-state index contributed by atoms with van der Waals surface area (Å²) >= 11 is 0.742. The number of amides is 1. The van der Waals surface area contributed by atoms with Gasteiger partial charge >= 0.3 is 0 Å². The van der Waals surface area contributed by atoms with Crippen LogP contribution in [0.25, 0.3) is 0 Å². The number of benzene rings is 1. The summed E-state index contributed by atoms with van der Waals surface area (Å²) in [5.41, 5.74) is 0.599. The first-order valence-corrected chi connectivity index (χ1v) is 7.23. The Bertz CT molecular complexity index is 583. The van der Waals surface area contributed by atoms with Crippen LogP contribution >= 0.6 is 11.8 Å². The first kappa shape index (κ1) is 15.9. The zero-order chi connectivity index (χ0) is 15.8. The summed E-state index contributed by atoms with van der Waals surface area (Å²) in [5.74, 6) is -4.44. The molecule has 0 saturated heterocycles. The number of amidine groups is 1. The number of thioether (sulfide) groups is 1. The molecule has 0 fully saturated rings. The van der Waals surface area contributed by atoms with E-state index in [0.717, 1.165) is 11.8 Å². The van der Waals surface area contributed by atoms with E-state index >= 15 is 0 Å². The van der Waals surface area contributed by atoms with Crippen molar-refractivity contribution >= 4 is 28.5 Å². The van der Waals surface area contributed by atoms with Gasteiger partial charge in [0, 0.05) is 19.2 Å². The Morgan fingerprint density at radius 3 is 2.33 bits per heavy atom. The average Bonchev–Trinajstić information content (AvgIpc) is 2.69. The minimum Gasteiger partial charge on any atom is -0.321 e. The van der Waals surface area contributed by atoms with Crippen molar-refractivity contribution in [3.8, 4) is 0 Å². The van der Waals surface area contributed by atoms with Crippen LogP contribution in [-0.2, 0) is 4.79 Å². The summed E-state index contributed by atoms with van der Waals surface area (Å²) in [6, 6.07) is 5.58. The van der Waals surface area contributed by atoms with Crippen molar-refractivity contribution in [3.63, 3.8) is 0 Å². The fourth-order valence-corrected chi connectivity index (χ4v) is 3.04. The van der Waals surface area contributed by atoms with Crippen LogP contribution in [0.1, 0.15) is 20.8 Å². The van der Waals surface area contributed by atoms with Gasteiger partial charge in [0.1, 0.15) is 5.82 Å². The van der Waals surface area contributed by atoms with Crippen LogP contribution in [0.2, 0.25) is 0 Å². The van der Waals surface area contributed by atoms with E-state index in [1.54, 1.807) is 11.8 Å². The van der Waals surface area contributed by atoms with Gasteiger partial charge < -0.3 is 4.90 Å². The highest BCUT2D eigenvalue weighted by Gasteiger charge is 2.57. The van der Waals surface area contributed by atoms with Gasteiger partial charge in [-0.2, -0.15) is 4.99 Å². The number of rotatable bonds is 3. The third-order valence-corrected chi connectivity index (χ3v) is 4.86. The molecule has 0 aliphatic carbocycles. The number of hydrogen-bond acceptors (Lipinski definition) is 3. The highest BCUT2D eigenvalue weighted by molar-refractivity contribution is 8.16. The molecule has 1 atom stereocenters. The first-order valence-electron chi connectivity index (χ1n) is 6.42. The molecule has 0 radical (unpaired) electrons. The molecule has 1 aliphatic heterocycles. The fourth-order valence-electron chi connectivity index (χ4n) is 1.88. The van der Waals surface area contributed by atoms with Crippen molar-refractivity contribution in [2.45, 2.75) is 31.4 Å². The maximum absolute atomic E-state index is 13.7. The molecular formula is C14H15F3N2OS. The summed E-state index contributed by atoms with van der Waals surface area (Å²) in [7, 11) is 0. The molecule has 1 unspecified atom stereocenters. The molecule has 1 amide bonds. The van der Waals surface area contributed by atoms with Crippen LogP contribution < -0.4 is 4.90 Å². The van der Waals surface area contributed by atoms with E-state index in [1.807, 2.05) is 0 Å². The number of carbonyl (C=O) groups excluding carboxylic acids is 1. The molecule has 1 aliphatic rings. The van der Waals surface area contributed by atoms with Crippen molar-refractivity contribution in [3.05, 3.63) is 30.1 Å². The lowest BCUT2D eigenvalue weighted by Crippen LogP contribution is -2.45. The maximum atomic E-state index is 13.7. The molecule has 2 rings (SSSR count). The number of halogens is 3. The lowest BCUT2D eigenvalue weighted by atomic mass is 10.0. The molecule has 3 nitrogen and oxygen atoms in total. The number of alkyl halides is 2. The van der Waals surface area contributed by atoms with Crippen LogP contribution in [0.4, 0.5) is 18.9 Å². The molecule has 0 aromatic heterocycles. The monoisotopic (exact) mass is 316 g/mol. The molecule has 0 N–H and O–H groups in total. The number of carbonyl (C=O) groups is 1. The molecule has 0 saturated carbocycles. The summed E-state index contributed by atoms with van der Waals surface area (Å²) in [4.78, 5) is 17.3. The van der Waals surface area contributed by atoms with Crippen molar-refractivity contribution < 1.29 is 18.0 Å². The highest BCUT2D eigenvalue weighted by Crippen LogP contribution is 2.46. The van der Waals surface area contributed by atoms with Crippen LogP contribution in [0.15, 0.2) is 29.3 Å². The van der Waals surface area contributed by atoms with E-state index in [9.17, 15) is 18.0 Å². The Balaban J connectivity index is 2.32. The molecule has 1 heterocycles. The summed E-state index contributed by atoms with van der Waals surface area (Å²) in [5, 5.41) is 0.207. The number of anilines is 1. The van der Waals surface area contributed by atoms with Crippen LogP contribution in [0.5, 0.6) is 0 Å². The molecule has 114 valence electrons. The third-order valence-electron chi connectivity index (χ3n) is 3.42. The lowest BCUT2D eigenvalue weighted by Gasteiger charge is -2.29. The van der Waals surface area contributed by atoms with Gasteiger partial charge in [-0.3, -0.25) is 4.79 Å². The molecule has 1 aromatic rings. The normalized spacial score (nSPS) is 22.4. The second-order valence-electron chi connectivity index (χ2n) is 4.94. The standard InChI is InChI=1S/C14H15F3N2OS/c1-4-19(10-7-5-9(15)6-8-10)12-18-11(20)13(2,21-12)14(3,16)17/h5-8H,4H2,1-3H3. The predicted octanol–water partition coefficient (Wildman–Crippen LogP) is 3.70. The minimum absolute atomic E-state index is 0.207. The van der Waals surface area contributed by atoms with Gasteiger partial charge in [0.25, 0.3) is 11.8 Å². The van der Waals surface area contributed by atoms with E-state index in [4.69, 9.17) is 0 Å². The first-order chi connectivity index (χ1) is 9.69. The Kier molecular flexibility index (Phi) is 4.06. The van der Waals surface area contributed by atoms with Crippen molar-refractivity contribution in [2.75, 3.05) is 11.4 Å². The quantitative estimate of drug-likeness (QED) is 0.852. The van der Waals surface area contributed by atoms with Gasteiger partial charge in [0.05, 0.1) is 0 Å². The van der Waals surface area contributed by atoms with Gasteiger partial charge in [-0.05, 0) is 38.1 Å². The smallest absolute Gasteiger partial charge is 0.270 e. The van der Waals surface area contributed by atoms with Gasteiger partial charge in [-0.25, -0.2) is 13.2 Å². The second-order valence-corrected chi connectivity index (χ2v) is 6.33. The Morgan fingerprint density at radius 1 is 1.33 bits per heavy atom. The molecule has 21 heavy (non-hydrogen) atoms. The SMILES string of the molecule is CCN(C1=NC(=O)C(C)(C(C)(F)F)S1)c1ccc(F)cc1. The Labute approximate surface area is 125 Å². The summed E-state index contributed by atoms with van der Waals surface area (Å²) < 4.78 is 38.4. The van der Waals surface area contributed by atoms with Gasteiger partial charge in [0.15, 0.2) is 9.91 Å². The van der Waals surface area contributed by atoms with Crippen LogP contribution in [-0.4, -0.2) is 28.3 Å². The molecular weight excluding hydrogens is 301 g/mol. The van der Waals surface area contributed by atoms with Crippen LogP contribution in [0.3, 0.4) is 0 Å². The zero-order valence-corrected chi connectivity index (χ0v) is 12.7. The Hall–Kier alpha value is -1.50. The Morgan fingerprint density at radius 2 is 1.90 bits per heavy atom. The minimum atomic E-state index is -3.19. The zero-order valence-electron chi connectivity index (χ0n) is 11.9. The number of aliphatic imine (C=N–C) groups is 1. The number of hydrogen-bond donors (Lipinski definition) is 0. The van der Waals surface area contributed by atoms with Crippen molar-refractivity contribution in [1.29, 1.82) is 0 Å². The molecule has 1 aromatic carbocycles. The van der Waals surface area contributed by atoms with Gasteiger partial charge in [-0.15, -0.1) is 0 Å². The second kappa shape index (κ2) is 5.36. The highest BCUT2D eigenvalue weighted by atomic mass is 32.2. The summed E-state index contributed by atoms with van der Waals surface area (Å²) in [6.45, 7) is 4.13. The number of nitrogens with zero attached hydrogens (tertiary/aromatic N) is 2. The van der Waals surface area contributed by atoms with Crippen molar-refractivity contribution in [1.82, 2.24) is 0 Å². The van der Waals surface area contributed by atoms with E-state index in [2.05, 4.69) is 4.99 Å². The largest absolute Gasteiger partial charge is 0.321 e. The summed E-state index contributed by atoms with van der Waals surface area (Å²) in [6.07, 6.45) is 0. The molecule has 0 spiro atoms. The van der Waals surface area contributed by atoms with E-state index < -0.39 is 22.4 Å². The van der Waals surface area contributed by atoms with Gasteiger partial charge in [-0.1, -0.05) is 11.8 Å². The topological polar surface area (TPSA) is 32.7 Å². The van der Waals surface area contributed by atoms with E-state index in [-0.39, 0.29) is 5.17 Å². The van der Waals surface area contributed by atoms with E-state index in [0.29, 0.717) is 19.2 Å². The molecule has 0 bridgehead atoms. The average molecular weight is 316 g/mol. The van der Waals surface area contributed by atoms with E-state index in [1.165, 1.54) is 31.2 Å².